The lowest BCUT2D eigenvalue weighted by Crippen LogP contribution is -2.20. The van der Waals surface area contributed by atoms with Gasteiger partial charge in [0.25, 0.3) is 6.43 Å². The van der Waals surface area contributed by atoms with Crippen LogP contribution in [0.2, 0.25) is 0 Å². The maximum absolute atomic E-state index is 12.5. The minimum absolute atomic E-state index is 0.156. The highest BCUT2D eigenvalue weighted by atomic mass is 19.3. The molecule has 16 heavy (non-hydrogen) atoms. The molecule has 0 saturated carbocycles. The summed E-state index contributed by atoms with van der Waals surface area (Å²) in [6.07, 6.45) is -0.220. The van der Waals surface area contributed by atoms with E-state index < -0.39 is 6.43 Å². The molecule has 0 amide bonds. The number of aliphatic hydroxyl groups excluding tert-OH is 1. The zero-order chi connectivity index (χ0) is 11.5. The number of nitrogens with zero attached hydrogens (tertiary/aromatic N) is 2. The minimum Gasteiger partial charge on any atom is -0.396 e. The predicted octanol–water partition coefficient (Wildman–Crippen LogP) is 1.84. The van der Waals surface area contributed by atoms with Crippen LogP contribution >= 0.6 is 0 Å². The number of aliphatic hydroxyl groups is 1. The Bertz CT molecular complexity index is 360. The molecule has 0 spiro atoms. The van der Waals surface area contributed by atoms with E-state index in [0.29, 0.717) is 0 Å². The van der Waals surface area contributed by atoms with Gasteiger partial charge in [0.15, 0.2) is 0 Å². The van der Waals surface area contributed by atoms with Crippen molar-refractivity contribution in [1.82, 2.24) is 4.98 Å². The molecule has 0 radical (unpaired) electrons. The molecule has 2 rings (SSSR count). The Morgan fingerprint density at radius 3 is 3.00 bits per heavy atom. The molecular weight excluding hydrogens is 214 g/mol. The fraction of sp³-hybridized carbons (Fsp3) is 0.545. The van der Waals surface area contributed by atoms with Gasteiger partial charge in [-0.3, -0.25) is 4.98 Å². The van der Waals surface area contributed by atoms with Crippen LogP contribution in [-0.4, -0.2) is 29.8 Å². The van der Waals surface area contributed by atoms with E-state index in [-0.39, 0.29) is 18.2 Å². The highest BCUT2D eigenvalue weighted by molar-refractivity contribution is 5.47. The molecule has 1 N–H and O–H groups in total. The molecule has 1 saturated heterocycles. The van der Waals surface area contributed by atoms with Crippen molar-refractivity contribution >= 4 is 5.69 Å². The van der Waals surface area contributed by atoms with Gasteiger partial charge in [-0.1, -0.05) is 0 Å². The van der Waals surface area contributed by atoms with E-state index in [1.807, 2.05) is 4.90 Å². The maximum atomic E-state index is 12.5. The van der Waals surface area contributed by atoms with Crippen LogP contribution < -0.4 is 4.90 Å². The second-order valence-corrected chi connectivity index (χ2v) is 4.02. The predicted molar refractivity (Wildman–Crippen MR) is 56.6 cm³/mol. The molecule has 1 aromatic rings. The summed E-state index contributed by atoms with van der Waals surface area (Å²) in [7, 11) is 0. The van der Waals surface area contributed by atoms with Gasteiger partial charge in [0.1, 0.15) is 5.69 Å². The van der Waals surface area contributed by atoms with Crippen molar-refractivity contribution in [3.8, 4) is 0 Å². The van der Waals surface area contributed by atoms with Crippen LogP contribution in [0.25, 0.3) is 0 Å². The quantitative estimate of drug-likeness (QED) is 0.857. The molecule has 1 atom stereocenters. The Balaban J connectivity index is 2.12. The number of halogens is 2. The van der Waals surface area contributed by atoms with Gasteiger partial charge >= 0.3 is 0 Å². The van der Waals surface area contributed by atoms with Crippen molar-refractivity contribution in [2.75, 3.05) is 24.6 Å². The van der Waals surface area contributed by atoms with Gasteiger partial charge in [-0.05, 0) is 18.6 Å². The fourth-order valence-electron chi connectivity index (χ4n) is 1.97. The van der Waals surface area contributed by atoms with Crippen LogP contribution in [0.15, 0.2) is 18.3 Å². The number of alkyl halides is 2. The molecule has 0 unspecified atom stereocenters. The first-order valence-electron chi connectivity index (χ1n) is 5.30. The molecule has 5 heteroatoms. The van der Waals surface area contributed by atoms with Crippen molar-refractivity contribution in [3.05, 3.63) is 24.0 Å². The van der Waals surface area contributed by atoms with Gasteiger partial charge in [0.2, 0.25) is 0 Å². The lowest BCUT2D eigenvalue weighted by Gasteiger charge is -2.18. The molecule has 1 aromatic heterocycles. The van der Waals surface area contributed by atoms with Crippen molar-refractivity contribution in [1.29, 1.82) is 0 Å². The molecule has 1 aliphatic heterocycles. The van der Waals surface area contributed by atoms with E-state index in [1.54, 1.807) is 6.07 Å². The molecule has 1 fully saturated rings. The van der Waals surface area contributed by atoms with Gasteiger partial charge < -0.3 is 10.0 Å². The average molecular weight is 228 g/mol. The smallest absolute Gasteiger partial charge is 0.280 e. The third-order valence-electron chi connectivity index (χ3n) is 2.90. The summed E-state index contributed by atoms with van der Waals surface area (Å²) in [5.74, 6) is 0.253. The van der Waals surface area contributed by atoms with Crippen LogP contribution in [0.4, 0.5) is 14.5 Å². The molecule has 0 aliphatic carbocycles. The summed E-state index contributed by atoms with van der Waals surface area (Å²) < 4.78 is 24.9. The summed E-state index contributed by atoms with van der Waals surface area (Å²) in [4.78, 5) is 5.63. The largest absolute Gasteiger partial charge is 0.396 e. The Kier molecular flexibility index (Phi) is 3.33. The van der Waals surface area contributed by atoms with Gasteiger partial charge in [0, 0.05) is 37.5 Å². The minimum atomic E-state index is -2.53. The Hall–Kier alpha value is -1.23. The molecule has 1 aliphatic rings. The Morgan fingerprint density at radius 2 is 2.38 bits per heavy atom. The van der Waals surface area contributed by atoms with Crippen LogP contribution in [0, 0.1) is 5.92 Å². The summed E-state index contributed by atoms with van der Waals surface area (Å²) in [5, 5.41) is 9.01. The van der Waals surface area contributed by atoms with Crippen LogP contribution in [0.5, 0.6) is 0 Å². The topological polar surface area (TPSA) is 36.4 Å². The normalized spacial score (nSPS) is 20.8. The zero-order valence-corrected chi connectivity index (χ0v) is 8.81. The van der Waals surface area contributed by atoms with Crippen molar-refractivity contribution < 1.29 is 13.9 Å². The first-order valence-corrected chi connectivity index (χ1v) is 5.30. The number of rotatable bonds is 3. The molecular formula is C11H14F2N2O. The first-order chi connectivity index (χ1) is 7.70. The first kappa shape index (κ1) is 11.3. The molecule has 2 heterocycles. The third kappa shape index (κ3) is 2.29. The van der Waals surface area contributed by atoms with Crippen molar-refractivity contribution in [2.24, 2.45) is 5.92 Å². The number of aromatic nitrogens is 1. The zero-order valence-electron chi connectivity index (χ0n) is 8.81. The standard InChI is InChI=1S/C11H14F2N2O/c12-11(13)10-5-9(1-3-14-10)15-4-2-8(6-15)7-16/h1,3,5,8,11,16H,2,4,6-7H2/t8-/m0/s1. The summed E-state index contributed by atoms with van der Waals surface area (Å²) >= 11 is 0. The summed E-state index contributed by atoms with van der Waals surface area (Å²) in [6, 6.07) is 3.15. The maximum Gasteiger partial charge on any atom is 0.280 e. The second kappa shape index (κ2) is 4.74. The van der Waals surface area contributed by atoms with E-state index in [9.17, 15) is 8.78 Å². The fourth-order valence-corrected chi connectivity index (χ4v) is 1.97. The van der Waals surface area contributed by atoms with Crippen LogP contribution in [0.1, 0.15) is 18.5 Å². The number of hydrogen-bond donors (Lipinski definition) is 1. The van der Waals surface area contributed by atoms with E-state index in [2.05, 4.69) is 4.98 Å². The number of hydrogen-bond acceptors (Lipinski definition) is 3. The lowest BCUT2D eigenvalue weighted by molar-refractivity contribution is 0.146. The van der Waals surface area contributed by atoms with Crippen molar-refractivity contribution in [2.45, 2.75) is 12.8 Å². The Labute approximate surface area is 92.7 Å². The molecule has 88 valence electrons. The SMILES string of the molecule is OC[C@H]1CCN(c2ccnc(C(F)F)c2)C1. The van der Waals surface area contributed by atoms with Crippen LogP contribution in [0.3, 0.4) is 0 Å². The van der Waals surface area contributed by atoms with E-state index in [0.717, 1.165) is 25.2 Å². The van der Waals surface area contributed by atoms with E-state index >= 15 is 0 Å². The van der Waals surface area contributed by atoms with Crippen molar-refractivity contribution in [3.63, 3.8) is 0 Å². The van der Waals surface area contributed by atoms with Gasteiger partial charge in [0.05, 0.1) is 0 Å². The highest BCUT2D eigenvalue weighted by Crippen LogP contribution is 2.26. The second-order valence-electron chi connectivity index (χ2n) is 4.02. The van der Waals surface area contributed by atoms with Crippen LogP contribution in [-0.2, 0) is 0 Å². The monoisotopic (exact) mass is 228 g/mol. The summed E-state index contributed by atoms with van der Waals surface area (Å²) in [5.41, 5.74) is 0.575. The number of pyridine rings is 1. The van der Waals surface area contributed by atoms with Gasteiger partial charge in [-0.2, -0.15) is 0 Å². The van der Waals surface area contributed by atoms with E-state index in [4.69, 9.17) is 5.11 Å². The Morgan fingerprint density at radius 1 is 1.56 bits per heavy atom. The third-order valence-corrected chi connectivity index (χ3v) is 2.90. The average Bonchev–Trinajstić information content (AvgIpc) is 2.77. The molecule has 0 aromatic carbocycles. The van der Waals surface area contributed by atoms with E-state index in [1.165, 1.54) is 12.3 Å². The summed E-state index contributed by atoms with van der Waals surface area (Å²) in [6.45, 7) is 1.68. The lowest BCUT2D eigenvalue weighted by atomic mass is 10.1. The highest BCUT2D eigenvalue weighted by Gasteiger charge is 2.22. The molecule has 0 bridgehead atoms. The molecule has 3 nitrogen and oxygen atoms in total. The van der Waals surface area contributed by atoms with Gasteiger partial charge in [-0.15, -0.1) is 0 Å². The number of anilines is 1. The van der Waals surface area contributed by atoms with Gasteiger partial charge in [-0.25, -0.2) is 8.78 Å².